The van der Waals surface area contributed by atoms with Gasteiger partial charge in [0.25, 0.3) is 0 Å². The average molecular weight is 344 g/mol. The van der Waals surface area contributed by atoms with Crippen LogP contribution in [0.2, 0.25) is 0 Å². The number of furan rings is 1. The highest BCUT2D eigenvalue weighted by Crippen LogP contribution is 2.27. The Hall–Kier alpha value is -2.52. The van der Waals surface area contributed by atoms with Crippen LogP contribution in [-0.4, -0.2) is 48.0 Å². The minimum Gasteiger partial charge on any atom is -0.461 e. The van der Waals surface area contributed by atoms with Gasteiger partial charge in [0, 0.05) is 19.5 Å². The van der Waals surface area contributed by atoms with Crippen LogP contribution >= 0.6 is 0 Å². The molecule has 1 fully saturated rings. The van der Waals surface area contributed by atoms with Gasteiger partial charge in [0.1, 0.15) is 12.4 Å². The molecule has 0 bridgehead atoms. The molecule has 9 heteroatoms. The first kappa shape index (κ1) is 16.0. The number of piperidine rings is 1. The largest absolute Gasteiger partial charge is 0.461 e. The molecule has 4 heterocycles. The van der Waals surface area contributed by atoms with Crippen molar-refractivity contribution in [2.24, 2.45) is 7.05 Å². The van der Waals surface area contributed by atoms with E-state index in [-0.39, 0.29) is 12.5 Å². The quantitative estimate of drug-likeness (QED) is 0.739. The van der Waals surface area contributed by atoms with Crippen molar-refractivity contribution in [1.29, 1.82) is 0 Å². The topological polar surface area (TPSA) is 106 Å². The second-order valence-corrected chi connectivity index (χ2v) is 6.25. The van der Waals surface area contributed by atoms with E-state index in [1.54, 1.807) is 18.4 Å². The molecule has 0 radical (unpaired) electrons. The number of aliphatic hydroxyl groups is 1. The average Bonchev–Trinajstić information content (AvgIpc) is 3.35. The third-order valence-electron chi connectivity index (χ3n) is 4.58. The lowest BCUT2D eigenvalue weighted by molar-refractivity contribution is 0.173. The highest BCUT2D eigenvalue weighted by molar-refractivity contribution is 5.44. The molecule has 0 aromatic carbocycles. The van der Waals surface area contributed by atoms with E-state index >= 15 is 0 Å². The summed E-state index contributed by atoms with van der Waals surface area (Å²) in [4.78, 5) is 6.68. The number of aliphatic hydroxyl groups excluding tert-OH is 1. The van der Waals surface area contributed by atoms with Crippen molar-refractivity contribution in [3.8, 4) is 11.6 Å². The number of nitrogens with zero attached hydrogens (tertiary/aromatic N) is 6. The van der Waals surface area contributed by atoms with Crippen molar-refractivity contribution in [2.75, 3.05) is 13.1 Å². The molecular formula is C16H20N6O3. The number of aromatic nitrogens is 5. The summed E-state index contributed by atoms with van der Waals surface area (Å²) in [5, 5.41) is 21.6. The molecule has 1 saturated heterocycles. The van der Waals surface area contributed by atoms with Gasteiger partial charge in [-0.1, -0.05) is 5.16 Å². The van der Waals surface area contributed by atoms with Crippen molar-refractivity contribution in [3.63, 3.8) is 0 Å². The van der Waals surface area contributed by atoms with Gasteiger partial charge in [0.15, 0.2) is 11.6 Å². The molecule has 4 rings (SSSR count). The normalized spacial score (nSPS) is 18.7. The fraction of sp³-hybridized carbons (Fsp3) is 0.500. The molecule has 9 nitrogen and oxygen atoms in total. The maximum atomic E-state index is 9.29. The van der Waals surface area contributed by atoms with Crippen LogP contribution in [0.3, 0.4) is 0 Å². The molecule has 1 N–H and O–H groups in total. The molecular weight excluding hydrogens is 324 g/mol. The summed E-state index contributed by atoms with van der Waals surface area (Å²) in [6.07, 6.45) is 3.70. The zero-order chi connectivity index (χ0) is 17.2. The summed E-state index contributed by atoms with van der Waals surface area (Å²) in [6, 6.07) is 3.60. The summed E-state index contributed by atoms with van der Waals surface area (Å²) >= 11 is 0. The molecule has 1 atom stereocenters. The molecule has 3 aromatic heterocycles. The predicted molar refractivity (Wildman–Crippen MR) is 86.2 cm³/mol. The van der Waals surface area contributed by atoms with Crippen LogP contribution in [0.1, 0.15) is 36.3 Å². The molecule has 1 aliphatic heterocycles. The van der Waals surface area contributed by atoms with Crippen molar-refractivity contribution in [2.45, 2.75) is 31.9 Å². The van der Waals surface area contributed by atoms with Gasteiger partial charge >= 0.3 is 0 Å². The lowest BCUT2D eigenvalue weighted by Crippen LogP contribution is -2.35. The highest BCUT2D eigenvalue weighted by Gasteiger charge is 2.27. The van der Waals surface area contributed by atoms with E-state index < -0.39 is 0 Å². The molecule has 1 unspecified atom stereocenters. The maximum Gasteiger partial charge on any atom is 0.241 e. The Morgan fingerprint density at radius 1 is 1.36 bits per heavy atom. The van der Waals surface area contributed by atoms with Crippen LogP contribution in [0.25, 0.3) is 11.6 Å². The van der Waals surface area contributed by atoms with E-state index in [1.165, 1.54) is 0 Å². The number of rotatable bonds is 5. The fourth-order valence-corrected chi connectivity index (χ4v) is 3.29. The smallest absolute Gasteiger partial charge is 0.241 e. The molecule has 0 spiro atoms. The lowest BCUT2D eigenvalue weighted by atomic mass is 9.97. The minimum atomic E-state index is -0.0997. The van der Waals surface area contributed by atoms with Crippen LogP contribution in [-0.2, 0) is 20.2 Å². The van der Waals surface area contributed by atoms with Gasteiger partial charge < -0.3 is 18.6 Å². The van der Waals surface area contributed by atoms with Crippen LogP contribution in [0.5, 0.6) is 0 Å². The van der Waals surface area contributed by atoms with Crippen molar-refractivity contribution >= 4 is 0 Å². The van der Waals surface area contributed by atoms with E-state index in [4.69, 9.17) is 8.94 Å². The second-order valence-electron chi connectivity index (χ2n) is 6.25. The van der Waals surface area contributed by atoms with Crippen LogP contribution < -0.4 is 0 Å². The summed E-state index contributed by atoms with van der Waals surface area (Å²) in [5.41, 5.74) is 0. The van der Waals surface area contributed by atoms with Gasteiger partial charge in [-0.05, 0) is 31.5 Å². The zero-order valence-corrected chi connectivity index (χ0v) is 14.0. The van der Waals surface area contributed by atoms with E-state index in [2.05, 4.69) is 25.2 Å². The van der Waals surface area contributed by atoms with E-state index in [0.717, 1.165) is 31.8 Å². The van der Waals surface area contributed by atoms with Crippen molar-refractivity contribution in [1.82, 2.24) is 29.8 Å². The van der Waals surface area contributed by atoms with Gasteiger partial charge in [-0.2, -0.15) is 4.98 Å². The predicted octanol–water partition coefficient (Wildman–Crippen LogP) is 1.33. The van der Waals surface area contributed by atoms with Gasteiger partial charge in [0.2, 0.25) is 11.7 Å². The summed E-state index contributed by atoms with van der Waals surface area (Å²) < 4.78 is 12.5. The highest BCUT2D eigenvalue weighted by atomic mass is 16.5. The summed E-state index contributed by atoms with van der Waals surface area (Å²) in [5.74, 6) is 3.42. The van der Waals surface area contributed by atoms with Crippen LogP contribution in [0, 0.1) is 0 Å². The van der Waals surface area contributed by atoms with Gasteiger partial charge in [-0.25, -0.2) is 0 Å². The Morgan fingerprint density at radius 2 is 2.28 bits per heavy atom. The second kappa shape index (κ2) is 6.77. The summed E-state index contributed by atoms with van der Waals surface area (Å²) in [7, 11) is 1.90. The number of likely N-dealkylation sites (tertiary alicyclic amines) is 1. The first-order valence-corrected chi connectivity index (χ1v) is 8.32. The lowest BCUT2D eigenvalue weighted by Gasteiger charge is -2.31. The SMILES string of the molecule is Cn1c(CO)nnc1C1CCCN(Cc2nc(-c3ccco3)no2)C1. The standard InChI is InChI=1S/C16H20N6O3/c1-21-13(10-23)18-19-16(21)11-4-2-6-22(8-11)9-14-17-15(20-25-14)12-5-3-7-24-12/h3,5,7,11,23H,2,4,6,8-10H2,1H3. The first-order valence-electron chi connectivity index (χ1n) is 8.32. The third kappa shape index (κ3) is 3.20. The maximum absolute atomic E-state index is 9.29. The van der Waals surface area contributed by atoms with Crippen molar-refractivity contribution < 1.29 is 14.0 Å². The molecule has 3 aromatic rings. The van der Waals surface area contributed by atoms with E-state index in [1.807, 2.05) is 11.6 Å². The van der Waals surface area contributed by atoms with E-state index in [0.29, 0.717) is 29.8 Å². The fourth-order valence-electron chi connectivity index (χ4n) is 3.29. The molecule has 132 valence electrons. The number of hydrogen-bond donors (Lipinski definition) is 1. The Labute approximate surface area is 144 Å². The molecule has 1 aliphatic rings. The number of hydrogen-bond acceptors (Lipinski definition) is 8. The van der Waals surface area contributed by atoms with Crippen LogP contribution in [0.15, 0.2) is 27.3 Å². The molecule has 25 heavy (non-hydrogen) atoms. The zero-order valence-electron chi connectivity index (χ0n) is 14.0. The Bertz CT molecular complexity index is 825. The Kier molecular flexibility index (Phi) is 4.33. The molecule has 0 aliphatic carbocycles. The van der Waals surface area contributed by atoms with Gasteiger partial charge in [-0.3, -0.25) is 4.90 Å². The van der Waals surface area contributed by atoms with Gasteiger partial charge in [0.05, 0.1) is 12.8 Å². The Balaban J connectivity index is 1.44. The van der Waals surface area contributed by atoms with Crippen molar-refractivity contribution in [3.05, 3.63) is 35.9 Å². The Morgan fingerprint density at radius 3 is 3.04 bits per heavy atom. The summed E-state index contributed by atoms with van der Waals surface area (Å²) in [6.45, 7) is 2.31. The third-order valence-corrected chi connectivity index (χ3v) is 4.58. The minimum absolute atomic E-state index is 0.0997. The van der Waals surface area contributed by atoms with Crippen LogP contribution in [0.4, 0.5) is 0 Å². The monoisotopic (exact) mass is 344 g/mol. The van der Waals surface area contributed by atoms with Gasteiger partial charge in [-0.15, -0.1) is 10.2 Å². The molecule has 0 saturated carbocycles. The van der Waals surface area contributed by atoms with E-state index in [9.17, 15) is 5.11 Å². The molecule has 0 amide bonds. The first-order chi connectivity index (χ1) is 12.2.